The molecule has 0 saturated carbocycles. The Hall–Kier alpha value is -4.20. The standard InChI is InChI=1S/C22H16N2O6/c1-29-17-5-3-13(11-15(17)23-19(25)7-8-20(23)26)14-4-6-18(30-2)16(12-14)24-21(27)9-10-22(24)28/h3-12H,1-2H3. The van der Waals surface area contributed by atoms with Crippen LogP contribution in [0.5, 0.6) is 11.5 Å². The second-order valence-corrected chi connectivity index (χ2v) is 6.46. The van der Waals surface area contributed by atoms with E-state index in [1.54, 1.807) is 36.4 Å². The number of carbonyl (C=O) groups is 4. The summed E-state index contributed by atoms with van der Waals surface area (Å²) in [6.07, 6.45) is 4.77. The third-order valence-corrected chi connectivity index (χ3v) is 4.79. The second kappa shape index (κ2) is 7.32. The molecular formula is C22H16N2O6. The van der Waals surface area contributed by atoms with Gasteiger partial charge in [0.2, 0.25) is 0 Å². The van der Waals surface area contributed by atoms with Gasteiger partial charge in [-0.1, -0.05) is 12.1 Å². The fraction of sp³-hybridized carbons (Fsp3) is 0.0909. The predicted octanol–water partition coefficient (Wildman–Crippen LogP) is 2.23. The Bertz CT molecular complexity index is 1040. The average Bonchev–Trinajstić information content (AvgIpc) is 3.27. The topological polar surface area (TPSA) is 93.2 Å². The van der Waals surface area contributed by atoms with Crippen molar-refractivity contribution in [3.05, 3.63) is 60.7 Å². The normalized spacial score (nSPS) is 15.5. The zero-order valence-corrected chi connectivity index (χ0v) is 16.1. The van der Waals surface area contributed by atoms with Crippen LogP contribution in [0.3, 0.4) is 0 Å². The maximum absolute atomic E-state index is 12.1. The molecule has 0 fully saturated rings. The summed E-state index contributed by atoms with van der Waals surface area (Å²) in [5.74, 6) is -1.16. The molecule has 4 rings (SSSR count). The average molecular weight is 404 g/mol. The monoisotopic (exact) mass is 404 g/mol. The lowest BCUT2D eigenvalue weighted by molar-refractivity contribution is -0.121. The number of anilines is 2. The van der Waals surface area contributed by atoms with Crippen LogP contribution in [-0.2, 0) is 19.2 Å². The first-order valence-corrected chi connectivity index (χ1v) is 8.93. The molecule has 4 amide bonds. The minimum Gasteiger partial charge on any atom is -0.495 e. The van der Waals surface area contributed by atoms with Crippen LogP contribution in [0.15, 0.2) is 60.7 Å². The molecule has 0 aliphatic carbocycles. The smallest absolute Gasteiger partial charge is 0.258 e. The molecule has 0 unspecified atom stereocenters. The van der Waals surface area contributed by atoms with Gasteiger partial charge in [-0.2, -0.15) is 0 Å². The van der Waals surface area contributed by atoms with Crippen molar-refractivity contribution in [2.75, 3.05) is 24.0 Å². The van der Waals surface area contributed by atoms with E-state index in [1.165, 1.54) is 38.5 Å². The summed E-state index contributed by atoms with van der Waals surface area (Å²) >= 11 is 0. The number of ether oxygens (including phenoxy) is 2. The first kappa shape index (κ1) is 19.1. The summed E-state index contributed by atoms with van der Waals surface area (Å²) in [4.78, 5) is 50.6. The molecule has 8 nitrogen and oxygen atoms in total. The van der Waals surface area contributed by atoms with Crippen molar-refractivity contribution in [2.45, 2.75) is 0 Å². The van der Waals surface area contributed by atoms with E-state index in [1.807, 2.05) is 0 Å². The van der Waals surface area contributed by atoms with Crippen LogP contribution in [0.2, 0.25) is 0 Å². The van der Waals surface area contributed by atoms with Crippen LogP contribution < -0.4 is 19.3 Å². The molecule has 150 valence electrons. The van der Waals surface area contributed by atoms with Gasteiger partial charge in [-0.3, -0.25) is 19.2 Å². The Morgan fingerprint density at radius 2 is 0.900 bits per heavy atom. The predicted molar refractivity (Wildman–Crippen MR) is 108 cm³/mol. The van der Waals surface area contributed by atoms with Gasteiger partial charge in [-0.15, -0.1) is 0 Å². The van der Waals surface area contributed by atoms with Crippen LogP contribution in [0.25, 0.3) is 11.1 Å². The van der Waals surface area contributed by atoms with Crippen molar-refractivity contribution in [1.82, 2.24) is 0 Å². The van der Waals surface area contributed by atoms with Crippen molar-refractivity contribution < 1.29 is 28.7 Å². The lowest BCUT2D eigenvalue weighted by Crippen LogP contribution is -2.30. The van der Waals surface area contributed by atoms with Crippen molar-refractivity contribution in [2.24, 2.45) is 0 Å². The fourth-order valence-corrected chi connectivity index (χ4v) is 3.36. The van der Waals surface area contributed by atoms with E-state index in [0.717, 1.165) is 9.80 Å². The zero-order chi connectivity index (χ0) is 21.4. The Morgan fingerprint density at radius 1 is 0.567 bits per heavy atom. The molecule has 30 heavy (non-hydrogen) atoms. The van der Waals surface area contributed by atoms with Gasteiger partial charge in [-0.05, 0) is 35.4 Å². The number of methoxy groups -OCH3 is 2. The minimum atomic E-state index is -0.467. The highest BCUT2D eigenvalue weighted by Gasteiger charge is 2.30. The van der Waals surface area contributed by atoms with E-state index in [9.17, 15) is 19.2 Å². The quantitative estimate of drug-likeness (QED) is 0.710. The summed E-state index contributed by atoms with van der Waals surface area (Å²) < 4.78 is 10.6. The van der Waals surface area contributed by atoms with Crippen molar-refractivity contribution in [3.63, 3.8) is 0 Å². The molecule has 2 aromatic rings. The SMILES string of the molecule is COc1ccc(-c2ccc(OC)c(N3C(=O)C=CC3=O)c2)cc1N1C(=O)C=CC1=O. The van der Waals surface area contributed by atoms with Gasteiger partial charge in [-0.25, -0.2) is 9.80 Å². The van der Waals surface area contributed by atoms with E-state index in [2.05, 4.69) is 0 Å². The first-order valence-electron chi connectivity index (χ1n) is 8.93. The minimum absolute atomic E-state index is 0.294. The van der Waals surface area contributed by atoms with Gasteiger partial charge in [0.25, 0.3) is 23.6 Å². The molecule has 2 aliphatic heterocycles. The third-order valence-electron chi connectivity index (χ3n) is 4.79. The third kappa shape index (κ3) is 3.04. The molecule has 0 spiro atoms. The zero-order valence-electron chi connectivity index (χ0n) is 16.1. The van der Waals surface area contributed by atoms with E-state index in [-0.39, 0.29) is 0 Å². The molecular weight excluding hydrogens is 388 g/mol. The largest absolute Gasteiger partial charge is 0.495 e. The molecule has 0 bridgehead atoms. The van der Waals surface area contributed by atoms with E-state index >= 15 is 0 Å². The molecule has 8 heteroatoms. The lowest BCUT2D eigenvalue weighted by Gasteiger charge is -2.20. The highest BCUT2D eigenvalue weighted by atomic mass is 16.5. The van der Waals surface area contributed by atoms with E-state index in [4.69, 9.17) is 9.47 Å². The summed E-state index contributed by atoms with van der Waals surface area (Å²) in [6, 6.07) is 10.1. The highest BCUT2D eigenvalue weighted by Crippen LogP contribution is 2.38. The Balaban J connectivity index is 1.81. The molecule has 2 aliphatic rings. The van der Waals surface area contributed by atoms with Crippen molar-refractivity contribution in [1.29, 1.82) is 0 Å². The van der Waals surface area contributed by atoms with Crippen LogP contribution >= 0.6 is 0 Å². The first-order chi connectivity index (χ1) is 14.4. The maximum atomic E-state index is 12.1. The van der Waals surface area contributed by atoms with Gasteiger partial charge in [0.1, 0.15) is 11.5 Å². The van der Waals surface area contributed by atoms with Crippen LogP contribution in [0.4, 0.5) is 11.4 Å². The molecule has 0 saturated heterocycles. The van der Waals surface area contributed by atoms with Crippen LogP contribution in [0, 0.1) is 0 Å². The van der Waals surface area contributed by atoms with E-state index < -0.39 is 23.6 Å². The molecule has 2 aromatic carbocycles. The number of amides is 4. The van der Waals surface area contributed by atoms with Crippen LogP contribution in [0.1, 0.15) is 0 Å². The van der Waals surface area contributed by atoms with Gasteiger partial charge in [0.05, 0.1) is 25.6 Å². The molecule has 0 N–H and O–H groups in total. The van der Waals surface area contributed by atoms with Gasteiger partial charge in [0, 0.05) is 24.3 Å². The summed E-state index contributed by atoms with van der Waals surface area (Å²) in [6.45, 7) is 0. The number of rotatable bonds is 5. The summed E-state index contributed by atoms with van der Waals surface area (Å²) in [7, 11) is 2.89. The molecule has 0 aromatic heterocycles. The fourth-order valence-electron chi connectivity index (χ4n) is 3.36. The summed E-state index contributed by atoms with van der Waals surface area (Å²) in [5.41, 5.74) is 1.88. The number of benzene rings is 2. The number of nitrogens with zero attached hydrogens (tertiary/aromatic N) is 2. The molecule has 0 atom stereocenters. The molecule has 2 heterocycles. The Morgan fingerprint density at radius 3 is 1.20 bits per heavy atom. The van der Waals surface area contributed by atoms with Gasteiger partial charge < -0.3 is 9.47 Å². The summed E-state index contributed by atoms with van der Waals surface area (Å²) in [5, 5.41) is 0. The molecule has 0 radical (unpaired) electrons. The Kier molecular flexibility index (Phi) is 4.67. The second-order valence-electron chi connectivity index (χ2n) is 6.46. The van der Waals surface area contributed by atoms with Crippen molar-refractivity contribution in [3.8, 4) is 22.6 Å². The van der Waals surface area contributed by atoms with Gasteiger partial charge in [0.15, 0.2) is 0 Å². The number of hydrogen-bond acceptors (Lipinski definition) is 6. The maximum Gasteiger partial charge on any atom is 0.258 e. The Labute approximate surface area is 171 Å². The number of carbonyl (C=O) groups excluding carboxylic acids is 4. The van der Waals surface area contributed by atoms with Crippen LogP contribution in [-0.4, -0.2) is 37.8 Å². The highest BCUT2D eigenvalue weighted by molar-refractivity contribution is 6.29. The van der Waals surface area contributed by atoms with Gasteiger partial charge >= 0.3 is 0 Å². The van der Waals surface area contributed by atoms with Crippen molar-refractivity contribution >= 4 is 35.0 Å². The van der Waals surface area contributed by atoms with E-state index in [0.29, 0.717) is 34.0 Å². The number of hydrogen-bond donors (Lipinski definition) is 0. The number of imide groups is 2. The lowest BCUT2D eigenvalue weighted by atomic mass is 10.0.